The minimum atomic E-state index is -4.19. The lowest BCUT2D eigenvalue weighted by atomic mass is 10.1. The number of hydrogen-bond acceptors (Lipinski definition) is 6. The number of hydrogen-bond donors (Lipinski definition) is 1. The average Bonchev–Trinajstić information content (AvgIpc) is 3.00. The molecule has 0 heterocycles. The van der Waals surface area contributed by atoms with Crippen molar-refractivity contribution in [2.24, 2.45) is 0 Å². The van der Waals surface area contributed by atoms with Gasteiger partial charge in [-0.3, -0.25) is 13.9 Å². The van der Waals surface area contributed by atoms with E-state index < -0.39 is 28.5 Å². The van der Waals surface area contributed by atoms with E-state index in [0.29, 0.717) is 24.5 Å². The highest BCUT2D eigenvalue weighted by Gasteiger charge is 2.35. The molecule has 3 aromatic carbocycles. The first-order chi connectivity index (χ1) is 20.2. The average molecular weight is 596 g/mol. The molecule has 42 heavy (non-hydrogen) atoms. The summed E-state index contributed by atoms with van der Waals surface area (Å²) in [5.41, 5.74) is 1.00. The van der Waals surface area contributed by atoms with Gasteiger partial charge in [0, 0.05) is 12.6 Å². The number of methoxy groups -OCH3 is 1. The second-order valence-corrected chi connectivity index (χ2v) is 11.7. The highest BCUT2D eigenvalue weighted by molar-refractivity contribution is 7.92. The molecule has 0 saturated carbocycles. The van der Waals surface area contributed by atoms with Crippen molar-refractivity contribution in [3.8, 4) is 11.5 Å². The summed E-state index contributed by atoms with van der Waals surface area (Å²) in [7, 11) is -2.62. The number of amides is 2. The summed E-state index contributed by atoms with van der Waals surface area (Å²) in [4.78, 5) is 29.1. The number of benzene rings is 3. The van der Waals surface area contributed by atoms with Crippen molar-refractivity contribution in [3.63, 3.8) is 0 Å². The van der Waals surface area contributed by atoms with Crippen LogP contribution in [0.25, 0.3) is 0 Å². The van der Waals surface area contributed by atoms with Gasteiger partial charge in [-0.2, -0.15) is 0 Å². The number of para-hydroxylation sites is 2. The molecule has 3 aromatic rings. The number of ether oxygens (including phenoxy) is 2. The SMILES string of the molecule is CCOc1ccccc1N(CC(=O)N(Cc1ccc(OC)cc1)[C@H](CC)C(=O)N[C@H](C)CC)S(=O)(=O)c1ccccc1. The molecule has 0 aliphatic heterocycles. The van der Waals surface area contributed by atoms with E-state index in [-0.39, 0.29) is 29.1 Å². The third-order valence-electron chi connectivity index (χ3n) is 6.94. The lowest BCUT2D eigenvalue weighted by Gasteiger charge is -2.34. The van der Waals surface area contributed by atoms with Gasteiger partial charge in [-0.05, 0) is 68.7 Å². The molecule has 2 amide bonds. The van der Waals surface area contributed by atoms with Crippen LogP contribution in [0.3, 0.4) is 0 Å². The monoisotopic (exact) mass is 595 g/mol. The maximum Gasteiger partial charge on any atom is 0.264 e. The Morgan fingerprint density at radius 3 is 2.12 bits per heavy atom. The maximum absolute atomic E-state index is 14.2. The summed E-state index contributed by atoms with van der Waals surface area (Å²) in [5.74, 6) is 0.171. The van der Waals surface area contributed by atoms with Gasteiger partial charge in [0.2, 0.25) is 11.8 Å². The van der Waals surface area contributed by atoms with Gasteiger partial charge in [-0.15, -0.1) is 0 Å². The first-order valence-corrected chi connectivity index (χ1v) is 15.6. The van der Waals surface area contributed by atoms with Gasteiger partial charge in [0.1, 0.15) is 24.1 Å². The molecular weight excluding hydrogens is 554 g/mol. The highest BCUT2D eigenvalue weighted by atomic mass is 32.2. The fraction of sp³-hybridized carbons (Fsp3) is 0.375. The summed E-state index contributed by atoms with van der Waals surface area (Å²) in [6, 6.07) is 21.0. The number of nitrogens with one attached hydrogen (secondary N) is 1. The molecule has 0 aromatic heterocycles. The first kappa shape index (κ1) is 32.5. The Morgan fingerprint density at radius 1 is 0.881 bits per heavy atom. The molecule has 0 radical (unpaired) electrons. The smallest absolute Gasteiger partial charge is 0.264 e. The molecule has 0 fully saturated rings. The van der Waals surface area contributed by atoms with Crippen molar-refractivity contribution >= 4 is 27.5 Å². The summed E-state index contributed by atoms with van der Waals surface area (Å²) >= 11 is 0. The van der Waals surface area contributed by atoms with Gasteiger partial charge in [0.05, 0.1) is 24.3 Å². The van der Waals surface area contributed by atoms with E-state index in [1.165, 1.54) is 17.0 Å². The van der Waals surface area contributed by atoms with Crippen LogP contribution in [0.15, 0.2) is 83.8 Å². The summed E-state index contributed by atoms with van der Waals surface area (Å²) in [6.07, 6.45) is 1.07. The minimum absolute atomic E-state index is 0.0346. The normalized spacial score (nSPS) is 12.6. The van der Waals surface area contributed by atoms with Crippen LogP contribution in [0.1, 0.15) is 46.1 Å². The van der Waals surface area contributed by atoms with Crippen molar-refractivity contribution < 1.29 is 27.5 Å². The lowest BCUT2D eigenvalue weighted by molar-refractivity contribution is -0.140. The van der Waals surface area contributed by atoms with Crippen molar-refractivity contribution in [2.75, 3.05) is 24.6 Å². The van der Waals surface area contributed by atoms with Crippen LogP contribution >= 0.6 is 0 Å². The van der Waals surface area contributed by atoms with Crippen LogP contribution in [0.4, 0.5) is 5.69 Å². The first-order valence-electron chi connectivity index (χ1n) is 14.2. The minimum Gasteiger partial charge on any atom is -0.497 e. The van der Waals surface area contributed by atoms with E-state index in [0.717, 1.165) is 16.3 Å². The summed E-state index contributed by atoms with van der Waals surface area (Å²) in [5, 5.41) is 2.98. The Kier molecular flexibility index (Phi) is 11.8. The van der Waals surface area contributed by atoms with Crippen LogP contribution in [0, 0.1) is 0 Å². The van der Waals surface area contributed by atoms with E-state index in [4.69, 9.17) is 9.47 Å². The Balaban J connectivity index is 2.09. The molecule has 9 nitrogen and oxygen atoms in total. The number of carbonyl (C=O) groups excluding carboxylic acids is 2. The number of sulfonamides is 1. The Bertz CT molecular complexity index is 1410. The molecule has 0 spiro atoms. The Hall–Kier alpha value is -4.05. The van der Waals surface area contributed by atoms with Crippen molar-refractivity contribution in [1.82, 2.24) is 10.2 Å². The topological polar surface area (TPSA) is 105 Å². The largest absolute Gasteiger partial charge is 0.497 e. The van der Waals surface area contributed by atoms with Crippen molar-refractivity contribution in [3.05, 3.63) is 84.4 Å². The number of carbonyl (C=O) groups is 2. The zero-order valence-corrected chi connectivity index (χ0v) is 25.8. The van der Waals surface area contributed by atoms with Crippen LogP contribution in [0.5, 0.6) is 11.5 Å². The van der Waals surface area contributed by atoms with Crippen LogP contribution in [-0.4, -0.2) is 57.5 Å². The van der Waals surface area contributed by atoms with Gasteiger partial charge >= 0.3 is 0 Å². The Labute approximate surface area is 249 Å². The molecule has 226 valence electrons. The third kappa shape index (κ3) is 8.03. The van der Waals surface area contributed by atoms with Gasteiger partial charge in [0.15, 0.2) is 0 Å². The molecule has 1 N–H and O–H groups in total. The predicted molar refractivity (Wildman–Crippen MR) is 164 cm³/mol. The van der Waals surface area contributed by atoms with E-state index in [1.807, 2.05) is 32.9 Å². The van der Waals surface area contributed by atoms with Crippen molar-refractivity contribution in [1.29, 1.82) is 0 Å². The third-order valence-corrected chi connectivity index (χ3v) is 8.72. The summed E-state index contributed by atoms with van der Waals surface area (Å²) < 4.78 is 40.2. The number of rotatable bonds is 15. The molecule has 0 aliphatic rings. The number of nitrogens with zero attached hydrogens (tertiary/aromatic N) is 2. The van der Waals surface area contributed by atoms with Gasteiger partial charge in [0.25, 0.3) is 10.0 Å². The van der Waals surface area contributed by atoms with E-state index in [2.05, 4.69) is 5.32 Å². The molecule has 10 heteroatoms. The number of anilines is 1. The lowest BCUT2D eigenvalue weighted by Crippen LogP contribution is -2.53. The van der Waals surface area contributed by atoms with Gasteiger partial charge in [-0.1, -0.05) is 56.3 Å². The maximum atomic E-state index is 14.2. The van der Waals surface area contributed by atoms with E-state index >= 15 is 0 Å². The molecular formula is C32H41N3O6S. The van der Waals surface area contributed by atoms with Crippen LogP contribution in [0.2, 0.25) is 0 Å². The van der Waals surface area contributed by atoms with E-state index in [1.54, 1.807) is 68.6 Å². The zero-order chi connectivity index (χ0) is 30.7. The van der Waals surface area contributed by atoms with Crippen molar-refractivity contribution in [2.45, 2.75) is 64.1 Å². The molecule has 0 saturated heterocycles. The molecule has 0 bridgehead atoms. The molecule has 0 aliphatic carbocycles. The van der Waals surface area contributed by atoms with Crippen LogP contribution in [-0.2, 0) is 26.2 Å². The van der Waals surface area contributed by atoms with Crippen LogP contribution < -0.4 is 19.1 Å². The highest BCUT2D eigenvalue weighted by Crippen LogP contribution is 2.33. The quantitative estimate of drug-likeness (QED) is 0.265. The van der Waals surface area contributed by atoms with Gasteiger partial charge in [-0.25, -0.2) is 8.42 Å². The fourth-order valence-electron chi connectivity index (χ4n) is 4.46. The molecule has 3 rings (SSSR count). The second-order valence-electron chi connectivity index (χ2n) is 9.84. The van der Waals surface area contributed by atoms with E-state index in [9.17, 15) is 18.0 Å². The standard InChI is InChI=1S/C32H41N3O6S/c1-6-24(4)33-32(37)28(7-2)34(22-25-18-20-26(40-5)21-19-25)31(36)23-35(29-16-12-13-17-30(29)41-8-3)42(38,39)27-14-10-9-11-15-27/h9-21,24,28H,6-8,22-23H2,1-5H3,(H,33,37)/t24-,28-/m1/s1. The Morgan fingerprint density at radius 2 is 1.52 bits per heavy atom. The second kappa shape index (κ2) is 15.3. The summed E-state index contributed by atoms with van der Waals surface area (Å²) in [6.45, 7) is 7.37. The van der Waals surface area contributed by atoms with Gasteiger partial charge < -0.3 is 19.7 Å². The molecule has 2 atom stereocenters. The molecule has 0 unspecified atom stereocenters. The fourth-order valence-corrected chi connectivity index (χ4v) is 5.91. The zero-order valence-electron chi connectivity index (χ0n) is 24.9. The predicted octanol–water partition coefficient (Wildman–Crippen LogP) is 5.01.